The van der Waals surface area contributed by atoms with Gasteiger partial charge in [-0.2, -0.15) is 5.10 Å². The summed E-state index contributed by atoms with van der Waals surface area (Å²) >= 11 is 0. The van der Waals surface area contributed by atoms with Crippen molar-refractivity contribution in [3.8, 4) is 5.69 Å². The average molecular weight is 637 g/mol. The molecule has 0 aliphatic carbocycles. The number of nitrogens with zero attached hydrogens (tertiary/aromatic N) is 3. The van der Waals surface area contributed by atoms with Crippen molar-refractivity contribution in [1.29, 1.82) is 0 Å². The predicted molar refractivity (Wildman–Crippen MR) is 173 cm³/mol. The van der Waals surface area contributed by atoms with E-state index in [0.717, 1.165) is 16.5 Å². The molecule has 1 aliphatic rings. The maximum Gasteiger partial charge on any atom is 0.273 e. The number of hydrogen-bond acceptors (Lipinski definition) is 7. The number of H-pyrrole nitrogens is 1. The monoisotopic (exact) mass is 636 g/mol. The van der Waals surface area contributed by atoms with Crippen LogP contribution in [0.15, 0.2) is 77.6 Å². The van der Waals surface area contributed by atoms with Crippen LogP contribution >= 0.6 is 0 Å². The highest BCUT2D eigenvalue weighted by molar-refractivity contribution is 5.99. The Morgan fingerprint density at radius 2 is 1.89 bits per heavy atom. The van der Waals surface area contributed by atoms with Crippen molar-refractivity contribution in [2.75, 3.05) is 6.54 Å². The highest BCUT2D eigenvalue weighted by Gasteiger charge is 2.30. The van der Waals surface area contributed by atoms with Crippen molar-refractivity contribution in [3.05, 3.63) is 102 Å². The minimum atomic E-state index is -1.00. The smallest absolute Gasteiger partial charge is 0.273 e. The quantitative estimate of drug-likeness (QED) is 0.197. The third-order valence-electron chi connectivity index (χ3n) is 8.19. The standard InChI is InChI=1S/C34H36N8O5/c1-20-34-41-29(21(2)47-34)33(46)35-14-6-5-13-27(39-30(43)22-9-7-10-24(17-22)42-16-8-15-37-42)31(44)40-28(32(45)38-20)18-23-19-36-26-12-4-3-11-25(23)26/h3-4,7-12,15-17,19-20,27-28,36H,5-6,13-14,18H2,1-2H3,(H,35,46)(H,38,45)(H,39,43)(H,40,44)/t20-,27+,28-/m1/s1. The van der Waals surface area contributed by atoms with Gasteiger partial charge in [0.05, 0.1) is 5.69 Å². The molecule has 0 saturated heterocycles. The molecule has 3 atom stereocenters. The number of carbonyl (C=O) groups excluding carboxylic acids is 4. The Balaban J connectivity index is 1.28. The number of amides is 4. The molecule has 4 amide bonds. The summed E-state index contributed by atoms with van der Waals surface area (Å²) in [4.78, 5) is 61.6. The van der Waals surface area contributed by atoms with Crippen LogP contribution in [0.25, 0.3) is 16.6 Å². The Morgan fingerprint density at radius 3 is 2.72 bits per heavy atom. The highest BCUT2D eigenvalue weighted by Crippen LogP contribution is 2.21. The van der Waals surface area contributed by atoms with Gasteiger partial charge in [-0.25, -0.2) is 9.67 Å². The zero-order valence-corrected chi connectivity index (χ0v) is 26.1. The number of hydrogen-bond donors (Lipinski definition) is 5. The molecule has 4 heterocycles. The van der Waals surface area contributed by atoms with Gasteiger partial charge in [0.2, 0.25) is 17.7 Å². The summed E-state index contributed by atoms with van der Waals surface area (Å²) in [6, 6.07) is 13.8. The van der Waals surface area contributed by atoms with Crippen LogP contribution in [-0.4, -0.2) is 62.0 Å². The van der Waals surface area contributed by atoms with Crippen LogP contribution in [0.4, 0.5) is 0 Å². The molecule has 5 aromatic rings. The fourth-order valence-electron chi connectivity index (χ4n) is 5.67. The first-order chi connectivity index (χ1) is 22.8. The summed E-state index contributed by atoms with van der Waals surface area (Å²) in [6.45, 7) is 3.68. The van der Waals surface area contributed by atoms with Crippen molar-refractivity contribution < 1.29 is 23.6 Å². The Bertz CT molecular complexity index is 1910. The normalized spacial score (nSPS) is 19.5. The van der Waals surface area contributed by atoms with E-state index in [0.29, 0.717) is 36.4 Å². The minimum absolute atomic E-state index is 0.152. The molecule has 0 unspecified atom stereocenters. The fraction of sp³-hybridized carbons (Fsp3) is 0.294. The van der Waals surface area contributed by atoms with Crippen LogP contribution in [0.1, 0.15) is 70.3 Å². The molecule has 47 heavy (non-hydrogen) atoms. The number of carbonyl (C=O) groups is 4. The largest absolute Gasteiger partial charge is 0.443 e. The molecule has 1 aliphatic heterocycles. The Kier molecular flexibility index (Phi) is 9.13. The first-order valence-corrected chi connectivity index (χ1v) is 15.6. The first kappa shape index (κ1) is 31.3. The Hall–Kier alpha value is -5.72. The lowest BCUT2D eigenvalue weighted by Crippen LogP contribution is -2.54. The zero-order valence-electron chi connectivity index (χ0n) is 26.1. The molecular weight excluding hydrogens is 600 g/mol. The topological polar surface area (TPSA) is 176 Å². The molecule has 0 saturated carbocycles. The average Bonchev–Trinajstić information content (AvgIpc) is 3.84. The number of rotatable bonds is 5. The molecule has 0 fully saturated rings. The fourth-order valence-corrected chi connectivity index (χ4v) is 5.67. The SMILES string of the molecule is Cc1oc2nc1C(=O)NCCCC[C@H](NC(=O)c1cccc(-n3cccn3)c1)C(=O)N[C@H](Cc1c[nH]c3ccccc13)C(=O)N[C@@H]2C. The predicted octanol–water partition coefficient (Wildman–Crippen LogP) is 3.27. The molecular formula is C34H36N8O5. The lowest BCUT2D eigenvalue weighted by Gasteiger charge is -2.24. The van der Waals surface area contributed by atoms with Gasteiger partial charge in [0.25, 0.3) is 11.8 Å². The molecule has 2 bridgehead atoms. The molecule has 5 N–H and O–H groups in total. The lowest BCUT2D eigenvalue weighted by molar-refractivity contribution is -0.130. The van der Waals surface area contributed by atoms with E-state index in [1.807, 2.05) is 36.5 Å². The van der Waals surface area contributed by atoms with E-state index in [4.69, 9.17) is 4.42 Å². The summed E-state index contributed by atoms with van der Waals surface area (Å²) in [5, 5.41) is 16.7. The number of aromatic amines is 1. The van der Waals surface area contributed by atoms with Gasteiger partial charge in [-0.3, -0.25) is 19.2 Å². The second kappa shape index (κ2) is 13.7. The zero-order chi connectivity index (χ0) is 32.9. The molecule has 6 rings (SSSR count). The van der Waals surface area contributed by atoms with Gasteiger partial charge in [0.1, 0.15) is 23.9 Å². The molecule has 2 aromatic carbocycles. The van der Waals surface area contributed by atoms with E-state index < -0.39 is 35.8 Å². The van der Waals surface area contributed by atoms with Crippen molar-refractivity contribution in [3.63, 3.8) is 0 Å². The molecule has 0 radical (unpaired) electrons. The van der Waals surface area contributed by atoms with Crippen molar-refractivity contribution >= 4 is 34.5 Å². The summed E-state index contributed by atoms with van der Waals surface area (Å²) in [6.07, 6.45) is 6.74. The van der Waals surface area contributed by atoms with Crippen LogP contribution in [0.5, 0.6) is 0 Å². The molecule has 13 heteroatoms. The van der Waals surface area contributed by atoms with Crippen molar-refractivity contribution in [2.45, 2.75) is 57.7 Å². The number of aryl methyl sites for hydroxylation is 1. The van der Waals surface area contributed by atoms with Gasteiger partial charge in [-0.15, -0.1) is 0 Å². The third kappa shape index (κ3) is 7.08. The molecule has 242 valence electrons. The minimum Gasteiger partial charge on any atom is -0.443 e. The first-order valence-electron chi connectivity index (χ1n) is 15.6. The molecule has 0 spiro atoms. The Labute approximate surface area is 270 Å². The van der Waals surface area contributed by atoms with E-state index in [9.17, 15) is 19.2 Å². The van der Waals surface area contributed by atoms with Crippen molar-refractivity contribution in [1.82, 2.24) is 41.0 Å². The second-order valence-corrected chi connectivity index (χ2v) is 11.6. The van der Waals surface area contributed by atoms with Gasteiger partial charge in [0.15, 0.2) is 5.69 Å². The number of para-hydroxylation sites is 1. The van der Waals surface area contributed by atoms with Crippen LogP contribution < -0.4 is 21.3 Å². The molecule has 13 nitrogen and oxygen atoms in total. The maximum absolute atomic E-state index is 13.9. The summed E-state index contributed by atoms with van der Waals surface area (Å²) < 4.78 is 7.38. The van der Waals surface area contributed by atoms with E-state index in [2.05, 4.69) is 36.3 Å². The lowest BCUT2D eigenvalue weighted by atomic mass is 10.0. The van der Waals surface area contributed by atoms with E-state index in [1.54, 1.807) is 55.2 Å². The number of oxazole rings is 1. The number of nitrogens with one attached hydrogen (secondary N) is 5. The van der Waals surface area contributed by atoms with Gasteiger partial charge < -0.3 is 30.7 Å². The highest BCUT2D eigenvalue weighted by atomic mass is 16.4. The molecule has 3 aromatic heterocycles. The summed E-state index contributed by atoms with van der Waals surface area (Å²) in [5.41, 5.74) is 2.94. The van der Waals surface area contributed by atoms with Crippen LogP contribution in [-0.2, 0) is 16.0 Å². The van der Waals surface area contributed by atoms with Crippen molar-refractivity contribution in [2.24, 2.45) is 0 Å². The van der Waals surface area contributed by atoms with Crippen LogP contribution in [0, 0.1) is 6.92 Å². The maximum atomic E-state index is 13.9. The van der Waals surface area contributed by atoms with E-state index in [-0.39, 0.29) is 30.3 Å². The third-order valence-corrected chi connectivity index (χ3v) is 8.19. The van der Waals surface area contributed by atoms with Crippen LogP contribution in [0.3, 0.4) is 0 Å². The van der Waals surface area contributed by atoms with E-state index >= 15 is 0 Å². The van der Waals surface area contributed by atoms with Gasteiger partial charge >= 0.3 is 0 Å². The van der Waals surface area contributed by atoms with Crippen LogP contribution in [0.2, 0.25) is 0 Å². The Morgan fingerprint density at radius 1 is 1.04 bits per heavy atom. The van der Waals surface area contributed by atoms with E-state index in [1.165, 1.54) is 0 Å². The number of benzene rings is 2. The van der Waals surface area contributed by atoms with Gasteiger partial charge in [-0.1, -0.05) is 24.3 Å². The summed E-state index contributed by atoms with van der Waals surface area (Å²) in [5.74, 6) is -1.29. The van der Waals surface area contributed by atoms with Gasteiger partial charge in [0, 0.05) is 48.0 Å². The van der Waals surface area contributed by atoms with Gasteiger partial charge in [-0.05, 0) is 69.0 Å². The second-order valence-electron chi connectivity index (χ2n) is 11.6. The summed E-state index contributed by atoms with van der Waals surface area (Å²) in [7, 11) is 0. The number of aromatic nitrogens is 4. The number of fused-ring (bicyclic) bond motifs is 3.